The summed E-state index contributed by atoms with van der Waals surface area (Å²) in [7, 11) is 0. The molecule has 2 aromatic rings. The Balaban J connectivity index is 1.90. The molecule has 0 radical (unpaired) electrons. The zero-order valence-electron chi connectivity index (χ0n) is 12.8. The molecule has 0 saturated heterocycles. The van der Waals surface area contributed by atoms with Gasteiger partial charge in [0.15, 0.2) is 5.13 Å². The van der Waals surface area contributed by atoms with Crippen LogP contribution >= 0.6 is 11.3 Å². The number of carbonyl (C=O) groups excluding carboxylic acids is 2. The van der Waals surface area contributed by atoms with Crippen LogP contribution in [-0.2, 0) is 16.1 Å². The molecule has 2 N–H and O–H groups in total. The van der Waals surface area contributed by atoms with E-state index in [9.17, 15) is 9.59 Å². The molecule has 0 spiro atoms. The molecule has 0 aliphatic carbocycles. The van der Waals surface area contributed by atoms with E-state index in [1.54, 1.807) is 0 Å². The number of benzene rings is 1. The number of hydrogen-bond donors (Lipinski definition) is 2. The van der Waals surface area contributed by atoms with E-state index in [0.717, 1.165) is 11.3 Å². The van der Waals surface area contributed by atoms with Crippen LogP contribution in [0.2, 0.25) is 0 Å². The number of aromatic nitrogens is 1. The third-order valence-corrected chi connectivity index (χ3v) is 4.06. The Morgan fingerprint density at radius 2 is 1.95 bits per heavy atom. The van der Waals surface area contributed by atoms with Gasteiger partial charge >= 0.3 is 0 Å². The van der Waals surface area contributed by atoms with Crippen LogP contribution in [0.15, 0.2) is 29.6 Å². The van der Waals surface area contributed by atoms with Crippen molar-refractivity contribution in [1.29, 1.82) is 0 Å². The summed E-state index contributed by atoms with van der Waals surface area (Å²) in [5.74, 6) is -0.412. The van der Waals surface area contributed by atoms with Crippen molar-refractivity contribution >= 4 is 28.3 Å². The number of carbonyl (C=O) groups is 2. The summed E-state index contributed by atoms with van der Waals surface area (Å²) in [6, 6.07) is 7.94. The van der Waals surface area contributed by atoms with Gasteiger partial charge in [-0.2, -0.15) is 0 Å². The zero-order valence-corrected chi connectivity index (χ0v) is 13.7. The van der Waals surface area contributed by atoms with Crippen molar-refractivity contribution in [3.05, 3.63) is 46.5 Å². The predicted octanol–water partition coefficient (Wildman–Crippen LogP) is 2.83. The SMILES string of the molecule is CC(=O)Nc1nc(CNC(=O)C(C)c2ccc(C)cc2)cs1. The lowest BCUT2D eigenvalue weighted by Crippen LogP contribution is -2.27. The van der Waals surface area contributed by atoms with Crippen LogP contribution in [0.1, 0.15) is 36.6 Å². The average Bonchev–Trinajstić information content (AvgIpc) is 2.91. The quantitative estimate of drug-likeness (QED) is 0.891. The second-order valence-corrected chi connectivity index (χ2v) is 6.03. The van der Waals surface area contributed by atoms with Crippen molar-refractivity contribution < 1.29 is 9.59 Å². The van der Waals surface area contributed by atoms with Gasteiger partial charge in [-0.25, -0.2) is 4.98 Å². The first-order chi connectivity index (χ1) is 10.5. The van der Waals surface area contributed by atoms with Gasteiger partial charge in [-0.1, -0.05) is 29.8 Å². The molecule has 2 amide bonds. The largest absolute Gasteiger partial charge is 0.350 e. The average molecular weight is 317 g/mol. The van der Waals surface area contributed by atoms with Crippen molar-refractivity contribution in [1.82, 2.24) is 10.3 Å². The molecule has 6 heteroatoms. The Bertz CT molecular complexity index is 664. The Labute approximate surface area is 133 Å². The fourth-order valence-corrected chi connectivity index (χ4v) is 2.69. The summed E-state index contributed by atoms with van der Waals surface area (Å²) in [5, 5.41) is 7.86. The van der Waals surface area contributed by atoms with E-state index < -0.39 is 0 Å². The fraction of sp³-hybridized carbons (Fsp3) is 0.312. The number of aryl methyl sites for hydroxylation is 1. The van der Waals surface area contributed by atoms with Crippen molar-refractivity contribution in [2.24, 2.45) is 0 Å². The Morgan fingerprint density at radius 3 is 2.59 bits per heavy atom. The van der Waals surface area contributed by atoms with Crippen molar-refractivity contribution in [3.8, 4) is 0 Å². The van der Waals surface area contributed by atoms with Gasteiger partial charge in [0.1, 0.15) is 0 Å². The molecule has 0 aliphatic rings. The minimum absolute atomic E-state index is 0.0436. The highest BCUT2D eigenvalue weighted by atomic mass is 32.1. The van der Waals surface area contributed by atoms with Crippen molar-refractivity contribution in [3.63, 3.8) is 0 Å². The molecule has 5 nitrogen and oxygen atoms in total. The third kappa shape index (κ3) is 4.39. The van der Waals surface area contributed by atoms with Crippen LogP contribution in [-0.4, -0.2) is 16.8 Å². The molecule has 0 fully saturated rings. The lowest BCUT2D eigenvalue weighted by Gasteiger charge is -2.12. The third-order valence-electron chi connectivity index (χ3n) is 3.25. The van der Waals surface area contributed by atoms with Gasteiger partial charge in [0.2, 0.25) is 11.8 Å². The molecule has 116 valence electrons. The van der Waals surface area contributed by atoms with E-state index in [2.05, 4.69) is 15.6 Å². The summed E-state index contributed by atoms with van der Waals surface area (Å²) >= 11 is 1.34. The van der Waals surface area contributed by atoms with Gasteiger partial charge in [-0.15, -0.1) is 11.3 Å². The van der Waals surface area contributed by atoms with Crippen LogP contribution in [0.3, 0.4) is 0 Å². The number of nitrogens with one attached hydrogen (secondary N) is 2. The van der Waals surface area contributed by atoms with Crippen LogP contribution in [0, 0.1) is 6.92 Å². The zero-order chi connectivity index (χ0) is 16.1. The van der Waals surface area contributed by atoms with Crippen molar-refractivity contribution in [2.45, 2.75) is 33.2 Å². The molecule has 1 aromatic carbocycles. The van der Waals surface area contributed by atoms with Gasteiger partial charge in [0.25, 0.3) is 0 Å². The van der Waals surface area contributed by atoms with Crippen LogP contribution < -0.4 is 10.6 Å². The standard InChI is InChI=1S/C16H19N3O2S/c1-10-4-6-13(7-5-10)11(2)15(21)17-8-14-9-22-16(19-14)18-12(3)20/h4-7,9,11H,8H2,1-3H3,(H,17,21)(H,18,19,20). The van der Waals surface area contributed by atoms with Gasteiger partial charge in [0.05, 0.1) is 18.2 Å². The molecule has 22 heavy (non-hydrogen) atoms. The number of hydrogen-bond acceptors (Lipinski definition) is 4. The lowest BCUT2D eigenvalue weighted by atomic mass is 9.99. The first-order valence-corrected chi connectivity index (χ1v) is 7.90. The first kappa shape index (κ1) is 16.2. The molecular formula is C16H19N3O2S. The highest BCUT2D eigenvalue weighted by molar-refractivity contribution is 7.13. The van der Waals surface area contributed by atoms with Crippen LogP contribution in [0.5, 0.6) is 0 Å². The van der Waals surface area contributed by atoms with E-state index >= 15 is 0 Å². The first-order valence-electron chi connectivity index (χ1n) is 7.02. The normalized spacial score (nSPS) is 11.8. The van der Waals surface area contributed by atoms with Crippen LogP contribution in [0.25, 0.3) is 0 Å². The Kier molecular flexibility index (Phi) is 5.27. The summed E-state index contributed by atoms with van der Waals surface area (Å²) in [5.41, 5.74) is 2.89. The van der Waals surface area contributed by atoms with E-state index in [0.29, 0.717) is 11.7 Å². The summed E-state index contributed by atoms with van der Waals surface area (Å²) in [6.07, 6.45) is 0. The molecule has 0 bridgehead atoms. The molecule has 2 rings (SSSR count). The minimum atomic E-state index is -0.214. The maximum Gasteiger partial charge on any atom is 0.227 e. The number of rotatable bonds is 5. The highest BCUT2D eigenvalue weighted by Gasteiger charge is 2.15. The Hall–Kier alpha value is -2.21. The van der Waals surface area contributed by atoms with E-state index in [-0.39, 0.29) is 17.7 Å². The molecule has 1 aromatic heterocycles. The smallest absolute Gasteiger partial charge is 0.227 e. The number of nitrogens with zero attached hydrogens (tertiary/aromatic N) is 1. The topological polar surface area (TPSA) is 71.1 Å². The summed E-state index contributed by atoms with van der Waals surface area (Å²) in [6.45, 7) is 5.68. The molecule has 0 saturated carbocycles. The maximum absolute atomic E-state index is 12.2. The van der Waals surface area contributed by atoms with Gasteiger partial charge < -0.3 is 10.6 Å². The second kappa shape index (κ2) is 7.17. The van der Waals surface area contributed by atoms with E-state index in [1.165, 1.54) is 23.8 Å². The van der Waals surface area contributed by atoms with Crippen LogP contribution in [0.4, 0.5) is 5.13 Å². The number of amides is 2. The van der Waals surface area contributed by atoms with Crippen molar-refractivity contribution in [2.75, 3.05) is 5.32 Å². The highest BCUT2D eigenvalue weighted by Crippen LogP contribution is 2.17. The summed E-state index contributed by atoms with van der Waals surface area (Å²) < 4.78 is 0. The molecule has 1 heterocycles. The number of anilines is 1. The predicted molar refractivity (Wildman–Crippen MR) is 87.9 cm³/mol. The minimum Gasteiger partial charge on any atom is -0.350 e. The molecular weight excluding hydrogens is 298 g/mol. The molecule has 1 unspecified atom stereocenters. The maximum atomic E-state index is 12.2. The monoisotopic (exact) mass is 317 g/mol. The summed E-state index contributed by atoms with van der Waals surface area (Å²) in [4.78, 5) is 27.4. The van der Waals surface area contributed by atoms with Gasteiger partial charge in [-0.05, 0) is 19.4 Å². The molecule has 1 atom stereocenters. The van der Waals surface area contributed by atoms with E-state index in [4.69, 9.17) is 0 Å². The Morgan fingerprint density at radius 1 is 1.27 bits per heavy atom. The second-order valence-electron chi connectivity index (χ2n) is 5.18. The van der Waals surface area contributed by atoms with Gasteiger partial charge in [-0.3, -0.25) is 9.59 Å². The molecule has 0 aliphatic heterocycles. The van der Waals surface area contributed by atoms with Gasteiger partial charge in [0, 0.05) is 12.3 Å². The number of thiazole rings is 1. The van der Waals surface area contributed by atoms with E-state index in [1.807, 2.05) is 43.5 Å². The lowest BCUT2D eigenvalue weighted by molar-refractivity contribution is -0.122. The fourth-order valence-electron chi connectivity index (χ4n) is 1.93.